The number of allylic oxidation sites excluding steroid dienone is 3. The molecule has 1 heterocycles. The third kappa shape index (κ3) is 4.82. The molecule has 1 N–H and O–H groups in total. The van der Waals surface area contributed by atoms with Gasteiger partial charge < -0.3 is 15.1 Å². The largest absolute Gasteiger partial charge is 0.344 e. The first-order valence-electron chi connectivity index (χ1n) is 9.37. The van der Waals surface area contributed by atoms with E-state index in [1.54, 1.807) is 6.92 Å². The number of nitrogens with one attached hydrogen (secondary N) is 1. The lowest BCUT2D eigenvalue weighted by molar-refractivity contribution is -0.116. The monoisotopic (exact) mass is 360 g/mol. The molecule has 0 saturated carbocycles. The minimum atomic E-state index is 0.160. The van der Waals surface area contributed by atoms with Gasteiger partial charge in [0.1, 0.15) is 5.78 Å². The molecule has 0 amide bonds. The summed E-state index contributed by atoms with van der Waals surface area (Å²) in [4.78, 5) is 13.5. The van der Waals surface area contributed by atoms with Crippen LogP contribution in [0.3, 0.4) is 0 Å². The van der Waals surface area contributed by atoms with Crippen LogP contribution >= 0.6 is 0 Å². The fraction of sp³-hybridized carbons (Fsp3) is 0.250. The van der Waals surface area contributed by atoms with Crippen molar-refractivity contribution in [1.29, 1.82) is 5.41 Å². The summed E-state index contributed by atoms with van der Waals surface area (Å²) < 4.78 is 0. The van der Waals surface area contributed by atoms with Gasteiger partial charge in [-0.2, -0.15) is 0 Å². The van der Waals surface area contributed by atoms with Crippen molar-refractivity contribution in [3.63, 3.8) is 0 Å². The number of fused-ring (bicyclic) bond motifs is 1. The number of hydrogen-bond donors (Lipinski definition) is 1. The summed E-state index contributed by atoms with van der Waals surface area (Å²) in [6, 6.07) is 8.19. The number of carbonyl (C=O) groups is 1. The molecule has 2 aliphatic rings. The van der Waals surface area contributed by atoms with Crippen molar-refractivity contribution in [1.82, 2.24) is 4.90 Å². The molecule has 0 saturated heterocycles. The zero-order chi connectivity index (χ0) is 20.0. The molecule has 0 spiro atoms. The zero-order valence-corrected chi connectivity index (χ0v) is 16.5. The van der Waals surface area contributed by atoms with Gasteiger partial charge in [0, 0.05) is 30.4 Å². The second-order valence-electron chi connectivity index (χ2n) is 6.46. The Kier molecular flexibility index (Phi) is 6.89. The second kappa shape index (κ2) is 9.13. The minimum absolute atomic E-state index is 0.160. The number of benzene rings is 1. The van der Waals surface area contributed by atoms with Crippen LogP contribution in [0.5, 0.6) is 0 Å². The van der Waals surface area contributed by atoms with Crippen LogP contribution in [0.1, 0.15) is 44.7 Å². The highest BCUT2D eigenvalue weighted by molar-refractivity contribution is 6.10. The SMILES string of the molecule is C=C1C=C(CN2C=Cc3ccccc3C2=C)C(CCC(C)=O)=CC1=N.CC. The normalized spacial score (nSPS) is 15.5. The van der Waals surface area contributed by atoms with Crippen LogP contribution in [-0.2, 0) is 4.79 Å². The Morgan fingerprint density at radius 3 is 2.52 bits per heavy atom. The third-order valence-corrected chi connectivity index (χ3v) is 4.56. The van der Waals surface area contributed by atoms with Gasteiger partial charge >= 0.3 is 0 Å². The van der Waals surface area contributed by atoms with Crippen LogP contribution in [0.15, 0.2) is 72.5 Å². The molecule has 0 atom stereocenters. The van der Waals surface area contributed by atoms with Crippen LogP contribution in [0.25, 0.3) is 11.8 Å². The highest BCUT2D eigenvalue weighted by Gasteiger charge is 2.20. The maximum absolute atomic E-state index is 11.4. The number of ketones is 1. The van der Waals surface area contributed by atoms with Crippen molar-refractivity contribution >= 4 is 23.3 Å². The third-order valence-electron chi connectivity index (χ3n) is 4.56. The lowest BCUT2D eigenvalue weighted by Crippen LogP contribution is -2.23. The number of Topliss-reactive ketones (excluding diaryl/α,β-unsaturated/α-hetero) is 1. The number of hydrogen-bond acceptors (Lipinski definition) is 3. The summed E-state index contributed by atoms with van der Waals surface area (Å²) in [5, 5.41) is 8.01. The summed E-state index contributed by atoms with van der Waals surface area (Å²) in [5.74, 6) is 0.160. The van der Waals surface area contributed by atoms with E-state index in [0.29, 0.717) is 30.7 Å². The van der Waals surface area contributed by atoms with Gasteiger partial charge in [0.05, 0.1) is 5.71 Å². The average molecular weight is 361 g/mol. The van der Waals surface area contributed by atoms with E-state index >= 15 is 0 Å². The number of rotatable bonds is 5. The molecule has 3 nitrogen and oxygen atoms in total. The summed E-state index contributed by atoms with van der Waals surface area (Å²) in [5.41, 5.74) is 6.49. The first kappa shape index (κ1) is 20.4. The Hall–Kier alpha value is -2.94. The minimum Gasteiger partial charge on any atom is -0.344 e. The molecule has 3 rings (SSSR count). The van der Waals surface area contributed by atoms with Gasteiger partial charge in [-0.3, -0.25) is 0 Å². The molecule has 0 aromatic heterocycles. The smallest absolute Gasteiger partial charge is 0.130 e. The van der Waals surface area contributed by atoms with E-state index in [9.17, 15) is 4.79 Å². The molecule has 0 bridgehead atoms. The van der Waals surface area contributed by atoms with Crippen molar-refractivity contribution in [2.24, 2.45) is 0 Å². The van der Waals surface area contributed by atoms with Crippen LogP contribution in [0, 0.1) is 5.41 Å². The molecular weight excluding hydrogens is 332 g/mol. The Bertz CT molecular complexity index is 868. The van der Waals surface area contributed by atoms with Crippen LogP contribution in [0.4, 0.5) is 0 Å². The van der Waals surface area contributed by atoms with Crippen LogP contribution in [-0.4, -0.2) is 22.9 Å². The number of carbonyl (C=O) groups excluding carboxylic acids is 1. The fourth-order valence-corrected chi connectivity index (χ4v) is 3.08. The topological polar surface area (TPSA) is 44.2 Å². The number of nitrogens with zero attached hydrogens (tertiary/aromatic N) is 1. The van der Waals surface area contributed by atoms with Gasteiger partial charge in [-0.1, -0.05) is 51.3 Å². The predicted molar refractivity (Wildman–Crippen MR) is 116 cm³/mol. The highest BCUT2D eigenvalue weighted by Crippen LogP contribution is 2.31. The van der Waals surface area contributed by atoms with Gasteiger partial charge in [0.25, 0.3) is 0 Å². The van der Waals surface area contributed by atoms with Gasteiger partial charge in [0.2, 0.25) is 0 Å². The lowest BCUT2D eigenvalue weighted by atomic mass is 9.89. The Morgan fingerprint density at radius 1 is 1.11 bits per heavy atom. The van der Waals surface area contributed by atoms with E-state index in [1.807, 2.05) is 44.3 Å². The molecule has 27 heavy (non-hydrogen) atoms. The maximum atomic E-state index is 11.4. The maximum Gasteiger partial charge on any atom is 0.130 e. The van der Waals surface area contributed by atoms with Crippen molar-refractivity contribution in [2.45, 2.75) is 33.6 Å². The van der Waals surface area contributed by atoms with E-state index in [2.05, 4.69) is 36.3 Å². The van der Waals surface area contributed by atoms with Crippen molar-refractivity contribution < 1.29 is 4.79 Å². The summed E-state index contributed by atoms with van der Waals surface area (Å²) >= 11 is 0. The summed E-state index contributed by atoms with van der Waals surface area (Å²) in [7, 11) is 0. The van der Waals surface area contributed by atoms with Crippen molar-refractivity contribution in [3.05, 3.63) is 83.6 Å². The lowest BCUT2D eigenvalue weighted by Gasteiger charge is -2.30. The molecule has 1 aliphatic heterocycles. The van der Waals surface area contributed by atoms with Gasteiger partial charge in [-0.25, -0.2) is 0 Å². The Balaban J connectivity index is 0.00000126. The molecule has 1 aromatic rings. The molecule has 0 fully saturated rings. The van der Waals surface area contributed by atoms with E-state index < -0.39 is 0 Å². The van der Waals surface area contributed by atoms with Gasteiger partial charge in [0.15, 0.2) is 0 Å². The van der Waals surface area contributed by atoms with Gasteiger partial charge in [-0.15, -0.1) is 0 Å². The van der Waals surface area contributed by atoms with Crippen LogP contribution < -0.4 is 0 Å². The van der Waals surface area contributed by atoms with Crippen molar-refractivity contribution in [3.8, 4) is 0 Å². The van der Waals surface area contributed by atoms with E-state index in [-0.39, 0.29) is 5.78 Å². The molecule has 1 aliphatic carbocycles. The average Bonchev–Trinajstić information content (AvgIpc) is 2.67. The molecular formula is C24H28N2O. The van der Waals surface area contributed by atoms with E-state index in [0.717, 1.165) is 22.4 Å². The van der Waals surface area contributed by atoms with Gasteiger partial charge in [-0.05, 0) is 53.9 Å². The first-order valence-corrected chi connectivity index (χ1v) is 9.37. The molecule has 140 valence electrons. The summed E-state index contributed by atoms with van der Waals surface area (Å²) in [6.07, 6.45) is 9.06. The molecule has 1 aromatic carbocycles. The second-order valence-corrected chi connectivity index (χ2v) is 6.46. The Labute approximate surface area is 162 Å². The van der Waals surface area contributed by atoms with Crippen molar-refractivity contribution in [2.75, 3.05) is 6.54 Å². The van der Waals surface area contributed by atoms with E-state index in [1.165, 1.54) is 5.56 Å². The standard InChI is InChI=1S/C22H22N2O.C2H6/c1-15-12-20(19(13-22(15)23)9-8-16(2)25)14-24-11-10-18-6-4-5-7-21(18)17(24)3;1-2/h4-7,10-13,23H,1,3,8-9,14H2,2H3;1-2H3. The van der Waals surface area contributed by atoms with E-state index in [4.69, 9.17) is 5.41 Å². The Morgan fingerprint density at radius 2 is 1.81 bits per heavy atom. The summed E-state index contributed by atoms with van der Waals surface area (Å²) in [6.45, 7) is 14.4. The first-order chi connectivity index (χ1) is 13.0. The highest BCUT2D eigenvalue weighted by atomic mass is 16.1. The predicted octanol–water partition coefficient (Wildman–Crippen LogP) is 5.78. The fourth-order valence-electron chi connectivity index (χ4n) is 3.08. The zero-order valence-electron chi connectivity index (χ0n) is 16.5. The molecule has 0 radical (unpaired) electrons. The van der Waals surface area contributed by atoms with Crippen LogP contribution in [0.2, 0.25) is 0 Å². The molecule has 3 heteroatoms. The quantitative estimate of drug-likeness (QED) is 0.723. The molecule has 0 unspecified atom stereocenters.